The van der Waals surface area contributed by atoms with Crippen molar-refractivity contribution in [1.29, 1.82) is 0 Å². The molecule has 258 valence electrons. The van der Waals surface area contributed by atoms with Crippen LogP contribution in [0, 0.1) is 0 Å². The van der Waals surface area contributed by atoms with Crippen LogP contribution in [0.4, 0.5) is 0 Å². The van der Waals surface area contributed by atoms with Gasteiger partial charge >= 0.3 is 0 Å². The molecule has 0 aliphatic heterocycles. The average molecular weight is 704 g/mol. The fraction of sp³-hybridized carbons (Fsp3) is 0. The van der Waals surface area contributed by atoms with Crippen LogP contribution in [0.25, 0.3) is 101 Å². The molecule has 0 radical (unpaired) electrons. The summed E-state index contributed by atoms with van der Waals surface area (Å²) in [7, 11) is 0. The molecule has 0 saturated carbocycles. The zero-order chi connectivity index (χ0) is 36.6. The molecule has 55 heavy (non-hydrogen) atoms. The molecule has 4 heteroatoms. The molecule has 10 aromatic rings. The van der Waals surface area contributed by atoms with Crippen LogP contribution in [0.3, 0.4) is 0 Å². The Kier molecular flexibility index (Phi) is 8.12. The molecule has 0 fully saturated rings. The normalized spacial score (nSPS) is 11.3. The molecule has 0 aliphatic carbocycles. The highest BCUT2D eigenvalue weighted by molar-refractivity contribution is 6.12. The van der Waals surface area contributed by atoms with Crippen LogP contribution >= 0.6 is 0 Å². The summed E-state index contributed by atoms with van der Waals surface area (Å²) in [5.74, 6) is 1.85. The molecule has 2 heterocycles. The molecule has 0 spiro atoms. The standard InChI is InChI=1S/C51H33N3O/c1-5-14-34(15-6-1)40-28-30-42(44(32-40)36-16-7-2-8-17-36)37-26-24-35(25-27-37)41-29-31-46-45(33-41)48-43(22-13-23-47(48)55-46)51-53-49(38-18-9-3-10-19-38)52-50(54-51)39-20-11-4-12-21-39/h1-33H. The third kappa shape index (κ3) is 6.16. The summed E-state index contributed by atoms with van der Waals surface area (Å²) in [6.07, 6.45) is 0. The lowest BCUT2D eigenvalue weighted by Gasteiger charge is -2.14. The molecular formula is C51H33N3O. The van der Waals surface area contributed by atoms with Gasteiger partial charge in [-0.3, -0.25) is 0 Å². The summed E-state index contributed by atoms with van der Waals surface area (Å²) in [4.78, 5) is 15.0. The maximum absolute atomic E-state index is 6.44. The van der Waals surface area contributed by atoms with Gasteiger partial charge in [-0.2, -0.15) is 0 Å². The largest absolute Gasteiger partial charge is 0.456 e. The van der Waals surface area contributed by atoms with Gasteiger partial charge < -0.3 is 4.42 Å². The van der Waals surface area contributed by atoms with Crippen LogP contribution in [0.2, 0.25) is 0 Å². The van der Waals surface area contributed by atoms with E-state index in [0.29, 0.717) is 17.5 Å². The third-order valence-corrected chi connectivity index (χ3v) is 10.2. The Labute approximate surface area is 319 Å². The molecule has 0 N–H and O–H groups in total. The maximum Gasteiger partial charge on any atom is 0.164 e. The van der Waals surface area contributed by atoms with Crippen molar-refractivity contribution in [3.05, 3.63) is 200 Å². The lowest BCUT2D eigenvalue weighted by atomic mass is 9.90. The fourth-order valence-electron chi connectivity index (χ4n) is 7.43. The number of benzene rings is 8. The first-order valence-corrected chi connectivity index (χ1v) is 18.4. The van der Waals surface area contributed by atoms with Gasteiger partial charge in [0.05, 0.1) is 0 Å². The first-order chi connectivity index (χ1) is 27.2. The number of hydrogen-bond acceptors (Lipinski definition) is 4. The lowest BCUT2D eigenvalue weighted by molar-refractivity contribution is 0.669. The second-order valence-corrected chi connectivity index (χ2v) is 13.6. The predicted octanol–water partition coefficient (Wildman–Crippen LogP) is 13.4. The van der Waals surface area contributed by atoms with Crippen molar-refractivity contribution in [2.75, 3.05) is 0 Å². The zero-order valence-electron chi connectivity index (χ0n) is 29.8. The Bertz CT molecular complexity index is 2880. The van der Waals surface area contributed by atoms with E-state index in [2.05, 4.69) is 127 Å². The van der Waals surface area contributed by atoms with Crippen molar-refractivity contribution in [3.63, 3.8) is 0 Å². The van der Waals surface area contributed by atoms with E-state index in [1.165, 1.54) is 27.8 Å². The van der Waals surface area contributed by atoms with E-state index in [1.54, 1.807) is 0 Å². The fourth-order valence-corrected chi connectivity index (χ4v) is 7.43. The highest BCUT2D eigenvalue weighted by Gasteiger charge is 2.18. The van der Waals surface area contributed by atoms with Gasteiger partial charge in [-0.1, -0.05) is 176 Å². The molecule has 0 amide bonds. The van der Waals surface area contributed by atoms with E-state index in [0.717, 1.165) is 55.3 Å². The molecule has 0 bridgehead atoms. The van der Waals surface area contributed by atoms with Crippen LogP contribution in [0.1, 0.15) is 0 Å². The van der Waals surface area contributed by atoms with E-state index >= 15 is 0 Å². The van der Waals surface area contributed by atoms with Gasteiger partial charge in [0.1, 0.15) is 11.2 Å². The molecule has 0 saturated heterocycles. The smallest absolute Gasteiger partial charge is 0.164 e. The van der Waals surface area contributed by atoms with Gasteiger partial charge in [-0.05, 0) is 68.8 Å². The summed E-state index contributed by atoms with van der Waals surface area (Å²) in [6.45, 7) is 0. The zero-order valence-corrected chi connectivity index (χ0v) is 29.8. The molecule has 4 nitrogen and oxygen atoms in total. The Balaban J connectivity index is 1.06. The Hall–Kier alpha value is -7.43. The van der Waals surface area contributed by atoms with Crippen LogP contribution in [0.5, 0.6) is 0 Å². The van der Waals surface area contributed by atoms with Crippen LogP contribution < -0.4 is 0 Å². The number of aromatic nitrogens is 3. The summed E-state index contributed by atoms with van der Waals surface area (Å²) in [6, 6.07) is 69.5. The van der Waals surface area contributed by atoms with Crippen LogP contribution in [0.15, 0.2) is 205 Å². The number of rotatable bonds is 7. The molecule has 0 atom stereocenters. The van der Waals surface area contributed by atoms with E-state index in [-0.39, 0.29) is 0 Å². The number of fused-ring (bicyclic) bond motifs is 3. The molecule has 8 aromatic carbocycles. The SMILES string of the molecule is c1ccc(-c2ccc(-c3ccc(-c4ccc5oc6cccc(-c7nc(-c8ccccc8)nc(-c8ccccc8)n7)c6c5c4)cc3)c(-c3ccccc3)c2)cc1. The van der Waals surface area contributed by atoms with E-state index in [9.17, 15) is 0 Å². The number of nitrogens with zero attached hydrogens (tertiary/aromatic N) is 3. The summed E-state index contributed by atoms with van der Waals surface area (Å²) < 4.78 is 6.44. The van der Waals surface area contributed by atoms with E-state index in [1.807, 2.05) is 72.8 Å². The molecule has 10 rings (SSSR count). The van der Waals surface area contributed by atoms with Gasteiger partial charge in [0.2, 0.25) is 0 Å². The number of furan rings is 1. The van der Waals surface area contributed by atoms with Crippen molar-refractivity contribution >= 4 is 21.9 Å². The predicted molar refractivity (Wildman–Crippen MR) is 225 cm³/mol. The van der Waals surface area contributed by atoms with Gasteiger partial charge in [0.15, 0.2) is 17.5 Å². The van der Waals surface area contributed by atoms with Gasteiger partial charge in [-0.15, -0.1) is 0 Å². The quantitative estimate of drug-likeness (QED) is 0.166. The average Bonchev–Trinajstić information content (AvgIpc) is 3.66. The minimum absolute atomic E-state index is 0.600. The lowest BCUT2D eigenvalue weighted by Crippen LogP contribution is -2.00. The van der Waals surface area contributed by atoms with Crippen molar-refractivity contribution in [1.82, 2.24) is 15.0 Å². The second kappa shape index (κ2) is 13.8. The highest BCUT2D eigenvalue weighted by Crippen LogP contribution is 2.40. The topological polar surface area (TPSA) is 51.8 Å². The molecular weight excluding hydrogens is 671 g/mol. The van der Waals surface area contributed by atoms with Gasteiger partial charge in [0.25, 0.3) is 0 Å². The third-order valence-electron chi connectivity index (χ3n) is 10.2. The number of hydrogen-bond donors (Lipinski definition) is 0. The molecule has 2 aromatic heterocycles. The Morgan fingerprint density at radius 3 is 1.38 bits per heavy atom. The first kappa shape index (κ1) is 32.2. The summed E-state index contributed by atoms with van der Waals surface area (Å²) in [5, 5.41) is 1.99. The Morgan fingerprint density at radius 1 is 0.273 bits per heavy atom. The first-order valence-electron chi connectivity index (χ1n) is 18.4. The van der Waals surface area contributed by atoms with Crippen molar-refractivity contribution in [3.8, 4) is 78.7 Å². The summed E-state index contributed by atoms with van der Waals surface area (Å²) in [5.41, 5.74) is 13.7. The van der Waals surface area contributed by atoms with Gasteiger partial charge in [0, 0.05) is 27.5 Å². The minimum atomic E-state index is 0.600. The second-order valence-electron chi connectivity index (χ2n) is 13.6. The highest BCUT2D eigenvalue weighted by atomic mass is 16.3. The van der Waals surface area contributed by atoms with Crippen LogP contribution in [-0.2, 0) is 0 Å². The summed E-state index contributed by atoms with van der Waals surface area (Å²) >= 11 is 0. The van der Waals surface area contributed by atoms with Crippen LogP contribution in [-0.4, -0.2) is 15.0 Å². The van der Waals surface area contributed by atoms with Crippen molar-refractivity contribution < 1.29 is 4.42 Å². The maximum atomic E-state index is 6.44. The molecule has 0 unspecified atom stereocenters. The Morgan fingerprint density at radius 2 is 0.745 bits per heavy atom. The van der Waals surface area contributed by atoms with E-state index < -0.39 is 0 Å². The van der Waals surface area contributed by atoms with E-state index in [4.69, 9.17) is 19.4 Å². The molecule has 0 aliphatic rings. The minimum Gasteiger partial charge on any atom is -0.456 e. The van der Waals surface area contributed by atoms with Gasteiger partial charge in [-0.25, -0.2) is 15.0 Å². The van der Waals surface area contributed by atoms with Crippen molar-refractivity contribution in [2.45, 2.75) is 0 Å². The monoisotopic (exact) mass is 703 g/mol. The van der Waals surface area contributed by atoms with Crippen molar-refractivity contribution in [2.24, 2.45) is 0 Å².